The average molecular weight is 215 g/mol. The molecule has 0 radical (unpaired) electrons. The second-order valence-corrected chi connectivity index (χ2v) is 3.98. The second-order valence-electron chi connectivity index (χ2n) is 3.98. The molecule has 15 heavy (non-hydrogen) atoms. The van der Waals surface area contributed by atoms with Crippen molar-refractivity contribution in [3.05, 3.63) is 0 Å². The molecule has 1 heterocycles. The summed E-state index contributed by atoms with van der Waals surface area (Å²) >= 11 is 0. The predicted octanol–water partition coefficient (Wildman–Crippen LogP) is 1.77. The van der Waals surface area contributed by atoms with Gasteiger partial charge < -0.3 is 10.2 Å². The van der Waals surface area contributed by atoms with E-state index in [0.29, 0.717) is 25.8 Å². The van der Waals surface area contributed by atoms with E-state index >= 15 is 0 Å². The van der Waals surface area contributed by atoms with Crippen molar-refractivity contribution in [1.29, 1.82) is 0 Å². The van der Waals surface area contributed by atoms with Gasteiger partial charge in [-0.1, -0.05) is 19.8 Å². The first-order valence-corrected chi connectivity index (χ1v) is 5.28. The van der Waals surface area contributed by atoms with Crippen LogP contribution in [0.4, 0.5) is 4.79 Å². The van der Waals surface area contributed by atoms with Gasteiger partial charge >= 0.3 is 12.1 Å². The van der Waals surface area contributed by atoms with Crippen LogP contribution in [0.25, 0.3) is 0 Å². The lowest BCUT2D eigenvalue weighted by Crippen LogP contribution is -2.52. The van der Waals surface area contributed by atoms with Gasteiger partial charge in [-0.05, 0) is 19.3 Å². The number of carboxylic acid groups (broad SMARTS) is 2. The molecule has 0 spiro atoms. The predicted molar refractivity (Wildman–Crippen MR) is 53.9 cm³/mol. The third-order valence-electron chi connectivity index (χ3n) is 3.06. The van der Waals surface area contributed by atoms with Crippen molar-refractivity contribution in [2.45, 2.75) is 44.6 Å². The van der Waals surface area contributed by atoms with Gasteiger partial charge in [-0.2, -0.15) is 0 Å². The Hall–Kier alpha value is -1.26. The van der Waals surface area contributed by atoms with Crippen LogP contribution in [0.5, 0.6) is 0 Å². The van der Waals surface area contributed by atoms with E-state index < -0.39 is 17.6 Å². The molecule has 1 aliphatic heterocycles. The van der Waals surface area contributed by atoms with E-state index in [0.717, 1.165) is 17.7 Å². The fourth-order valence-corrected chi connectivity index (χ4v) is 2.22. The molecule has 1 atom stereocenters. The SMILES string of the molecule is CCCCC1(C(=O)O)CCCN1C(=O)O. The first-order valence-electron chi connectivity index (χ1n) is 5.28. The van der Waals surface area contributed by atoms with E-state index in [9.17, 15) is 14.7 Å². The third-order valence-corrected chi connectivity index (χ3v) is 3.06. The Bertz CT molecular complexity index is 266. The van der Waals surface area contributed by atoms with Gasteiger partial charge in [0.25, 0.3) is 0 Å². The number of hydrogen-bond donors (Lipinski definition) is 2. The van der Waals surface area contributed by atoms with Crippen LogP contribution >= 0.6 is 0 Å². The fraction of sp³-hybridized carbons (Fsp3) is 0.800. The van der Waals surface area contributed by atoms with Crippen LogP contribution in [0.1, 0.15) is 39.0 Å². The van der Waals surface area contributed by atoms with Crippen LogP contribution in [0.3, 0.4) is 0 Å². The first kappa shape index (κ1) is 11.8. The Morgan fingerprint density at radius 3 is 2.53 bits per heavy atom. The number of carbonyl (C=O) groups is 2. The van der Waals surface area contributed by atoms with Gasteiger partial charge in [0.15, 0.2) is 0 Å². The Labute approximate surface area is 88.7 Å². The highest BCUT2D eigenvalue weighted by atomic mass is 16.4. The lowest BCUT2D eigenvalue weighted by Gasteiger charge is -2.32. The van der Waals surface area contributed by atoms with E-state index in [4.69, 9.17) is 5.11 Å². The second kappa shape index (κ2) is 4.51. The molecule has 1 fully saturated rings. The molecule has 1 rings (SSSR count). The molecule has 0 aromatic heterocycles. The maximum Gasteiger partial charge on any atom is 0.408 e. The van der Waals surface area contributed by atoms with E-state index in [-0.39, 0.29) is 0 Å². The molecule has 5 heteroatoms. The van der Waals surface area contributed by atoms with Crippen molar-refractivity contribution in [1.82, 2.24) is 4.90 Å². The van der Waals surface area contributed by atoms with E-state index in [1.165, 1.54) is 0 Å². The number of rotatable bonds is 4. The van der Waals surface area contributed by atoms with E-state index in [1.807, 2.05) is 6.92 Å². The van der Waals surface area contributed by atoms with Gasteiger partial charge in [0.05, 0.1) is 0 Å². The number of carboxylic acids is 1. The van der Waals surface area contributed by atoms with Crippen molar-refractivity contribution < 1.29 is 19.8 Å². The highest BCUT2D eigenvalue weighted by Crippen LogP contribution is 2.34. The van der Waals surface area contributed by atoms with Crippen LogP contribution in [-0.4, -0.2) is 39.3 Å². The molecule has 0 saturated carbocycles. The van der Waals surface area contributed by atoms with Crippen LogP contribution < -0.4 is 0 Å². The van der Waals surface area contributed by atoms with Crippen LogP contribution in [0.15, 0.2) is 0 Å². The van der Waals surface area contributed by atoms with Gasteiger partial charge in [-0.25, -0.2) is 9.59 Å². The summed E-state index contributed by atoms with van der Waals surface area (Å²) in [5.74, 6) is -1.00. The normalized spacial score (nSPS) is 25.5. The molecule has 1 saturated heterocycles. The zero-order valence-electron chi connectivity index (χ0n) is 8.90. The Balaban J connectivity index is 2.88. The van der Waals surface area contributed by atoms with Crippen molar-refractivity contribution >= 4 is 12.1 Å². The highest BCUT2D eigenvalue weighted by Gasteiger charge is 2.49. The molecular formula is C10H17NO4. The molecule has 5 nitrogen and oxygen atoms in total. The molecule has 0 aromatic rings. The smallest absolute Gasteiger partial charge is 0.408 e. The summed E-state index contributed by atoms with van der Waals surface area (Å²) in [6.45, 7) is 2.31. The lowest BCUT2D eigenvalue weighted by molar-refractivity contribution is -0.149. The summed E-state index contributed by atoms with van der Waals surface area (Å²) < 4.78 is 0. The van der Waals surface area contributed by atoms with Crippen molar-refractivity contribution in [2.24, 2.45) is 0 Å². The maximum absolute atomic E-state index is 11.2. The molecule has 2 N–H and O–H groups in total. The van der Waals surface area contributed by atoms with E-state index in [1.54, 1.807) is 0 Å². The number of nitrogens with zero attached hydrogens (tertiary/aromatic N) is 1. The zero-order chi connectivity index (χ0) is 11.5. The van der Waals surface area contributed by atoms with Gasteiger partial charge in [0.1, 0.15) is 5.54 Å². The summed E-state index contributed by atoms with van der Waals surface area (Å²) in [6.07, 6.45) is 2.01. The van der Waals surface area contributed by atoms with E-state index in [2.05, 4.69) is 0 Å². The van der Waals surface area contributed by atoms with Crippen LogP contribution in [0, 0.1) is 0 Å². The van der Waals surface area contributed by atoms with Crippen LogP contribution in [0.2, 0.25) is 0 Å². The fourth-order valence-electron chi connectivity index (χ4n) is 2.22. The van der Waals surface area contributed by atoms with Crippen molar-refractivity contribution in [3.8, 4) is 0 Å². The standard InChI is InChI=1S/C10H17NO4/c1-2-3-5-10(8(12)13)6-4-7-11(10)9(14)15/h2-7H2,1H3,(H,12,13)(H,14,15). The molecule has 0 aliphatic carbocycles. The topological polar surface area (TPSA) is 77.8 Å². The monoisotopic (exact) mass is 215 g/mol. The molecular weight excluding hydrogens is 198 g/mol. The number of hydrogen-bond acceptors (Lipinski definition) is 2. The summed E-state index contributed by atoms with van der Waals surface area (Å²) in [4.78, 5) is 23.3. The Kier molecular flexibility index (Phi) is 3.55. The first-order chi connectivity index (χ1) is 7.04. The van der Waals surface area contributed by atoms with Gasteiger partial charge in [0.2, 0.25) is 0 Å². The minimum Gasteiger partial charge on any atom is -0.479 e. The Morgan fingerprint density at radius 1 is 1.40 bits per heavy atom. The highest BCUT2D eigenvalue weighted by molar-refractivity contribution is 5.84. The van der Waals surface area contributed by atoms with Crippen molar-refractivity contribution in [3.63, 3.8) is 0 Å². The zero-order valence-corrected chi connectivity index (χ0v) is 8.90. The number of amides is 1. The largest absolute Gasteiger partial charge is 0.479 e. The average Bonchev–Trinajstić information content (AvgIpc) is 2.59. The Morgan fingerprint density at radius 2 is 2.07 bits per heavy atom. The summed E-state index contributed by atoms with van der Waals surface area (Å²) in [5.41, 5.74) is -1.16. The molecule has 1 aliphatic rings. The summed E-state index contributed by atoms with van der Waals surface area (Å²) in [7, 11) is 0. The quantitative estimate of drug-likeness (QED) is 0.749. The molecule has 1 amide bonds. The number of aliphatic carboxylic acids is 1. The molecule has 0 aromatic carbocycles. The molecule has 0 bridgehead atoms. The third kappa shape index (κ3) is 2.06. The van der Waals surface area contributed by atoms with Crippen molar-refractivity contribution in [2.75, 3.05) is 6.54 Å². The lowest BCUT2D eigenvalue weighted by atomic mass is 9.90. The minimum absolute atomic E-state index is 0.339. The maximum atomic E-state index is 11.2. The summed E-state index contributed by atoms with van der Waals surface area (Å²) in [6, 6.07) is 0. The van der Waals surface area contributed by atoms with Crippen LogP contribution in [-0.2, 0) is 4.79 Å². The number of likely N-dealkylation sites (tertiary alicyclic amines) is 1. The minimum atomic E-state index is -1.16. The number of unbranched alkanes of at least 4 members (excludes halogenated alkanes) is 1. The summed E-state index contributed by atoms with van der Waals surface area (Å²) in [5, 5.41) is 18.2. The van der Waals surface area contributed by atoms with Gasteiger partial charge in [-0.15, -0.1) is 0 Å². The molecule has 86 valence electrons. The van der Waals surface area contributed by atoms with Gasteiger partial charge in [0, 0.05) is 6.54 Å². The molecule has 1 unspecified atom stereocenters. The van der Waals surface area contributed by atoms with Gasteiger partial charge in [-0.3, -0.25) is 4.90 Å².